The molecule has 1 aromatic heterocycles. The summed E-state index contributed by atoms with van der Waals surface area (Å²) in [6.45, 7) is 0. The number of rotatable bonds is 3. The highest BCUT2D eigenvalue weighted by Gasteiger charge is 2.19. The van der Waals surface area contributed by atoms with E-state index in [-0.39, 0.29) is 11.3 Å². The smallest absolute Gasteiger partial charge is 0.282 e. The lowest BCUT2D eigenvalue weighted by Crippen LogP contribution is -2.14. The van der Waals surface area contributed by atoms with E-state index in [0.717, 1.165) is 0 Å². The highest BCUT2D eigenvalue weighted by atomic mass is 79.9. The number of amides is 1. The minimum absolute atomic E-state index is 0.00301. The first kappa shape index (κ1) is 13.2. The molecule has 2 rings (SSSR count). The van der Waals surface area contributed by atoms with E-state index in [1.54, 1.807) is 24.4 Å². The molecule has 1 amide bonds. The molecule has 0 spiro atoms. The Morgan fingerprint density at radius 3 is 2.68 bits per heavy atom. The molecule has 0 aliphatic rings. The first-order chi connectivity index (χ1) is 9.09. The number of para-hydroxylation sites is 1. The number of benzene rings is 1. The van der Waals surface area contributed by atoms with Crippen LogP contribution in [0, 0.1) is 10.1 Å². The number of halogens is 1. The number of carbonyl (C=O) groups is 1. The molecule has 1 aromatic carbocycles. The summed E-state index contributed by atoms with van der Waals surface area (Å²) in [5.41, 5.74) is 0.217. The molecule has 0 saturated carbocycles. The van der Waals surface area contributed by atoms with E-state index >= 15 is 0 Å². The van der Waals surface area contributed by atoms with Crippen LogP contribution in [0.25, 0.3) is 0 Å². The molecule has 2 aromatic rings. The summed E-state index contributed by atoms with van der Waals surface area (Å²) < 4.78 is 0.460. The fourth-order valence-electron chi connectivity index (χ4n) is 1.49. The van der Waals surface area contributed by atoms with Gasteiger partial charge >= 0.3 is 0 Å². The van der Waals surface area contributed by atoms with Crippen LogP contribution >= 0.6 is 15.9 Å². The summed E-state index contributed by atoms with van der Waals surface area (Å²) in [6.07, 6.45) is 1.56. The largest absolute Gasteiger partial charge is 0.319 e. The number of nitrogens with zero attached hydrogens (tertiary/aromatic N) is 2. The number of carbonyl (C=O) groups excluding carboxylic acids is 1. The lowest BCUT2D eigenvalue weighted by Gasteiger charge is -2.06. The van der Waals surface area contributed by atoms with Crippen molar-refractivity contribution in [3.8, 4) is 0 Å². The summed E-state index contributed by atoms with van der Waals surface area (Å²) in [5, 5.41) is 13.4. The van der Waals surface area contributed by atoms with Gasteiger partial charge in [-0.15, -0.1) is 0 Å². The average Bonchev–Trinajstić information content (AvgIpc) is 2.41. The van der Waals surface area contributed by atoms with Crippen molar-refractivity contribution in [2.75, 3.05) is 5.32 Å². The van der Waals surface area contributed by atoms with Gasteiger partial charge in [0.15, 0.2) is 0 Å². The summed E-state index contributed by atoms with van der Waals surface area (Å²) in [7, 11) is 0. The van der Waals surface area contributed by atoms with Crippen molar-refractivity contribution < 1.29 is 9.72 Å². The minimum Gasteiger partial charge on any atom is -0.319 e. The van der Waals surface area contributed by atoms with Crippen LogP contribution in [0.1, 0.15) is 10.4 Å². The Bertz CT molecular complexity index is 646. The fraction of sp³-hybridized carbons (Fsp3) is 0. The third-order valence-electron chi connectivity index (χ3n) is 2.35. The molecule has 0 bridgehead atoms. The molecule has 1 heterocycles. The van der Waals surface area contributed by atoms with Gasteiger partial charge in [-0.1, -0.05) is 12.1 Å². The topological polar surface area (TPSA) is 85.1 Å². The van der Waals surface area contributed by atoms with Crippen molar-refractivity contribution in [2.24, 2.45) is 0 Å². The van der Waals surface area contributed by atoms with Crippen LogP contribution in [0.3, 0.4) is 0 Å². The second kappa shape index (κ2) is 5.57. The Morgan fingerprint density at radius 1 is 1.26 bits per heavy atom. The van der Waals surface area contributed by atoms with E-state index in [9.17, 15) is 14.9 Å². The number of pyridine rings is 1. The number of nitro groups is 1. The van der Waals surface area contributed by atoms with Gasteiger partial charge in [-0.05, 0) is 34.1 Å². The van der Waals surface area contributed by atoms with Crippen LogP contribution in [0.4, 0.5) is 11.4 Å². The zero-order valence-electron chi connectivity index (χ0n) is 9.54. The maximum atomic E-state index is 12.0. The Hall–Kier alpha value is -2.28. The lowest BCUT2D eigenvalue weighted by atomic mass is 10.1. The van der Waals surface area contributed by atoms with E-state index in [1.165, 1.54) is 18.2 Å². The third-order valence-corrected chi connectivity index (χ3v) is 2.98. The van der Waals surface area contributed by atoms with Crippen LogP contribution < -0.4 is 5.32 Å². The molecule has 6 nitrogen and oxygen atoms in total. The minimum atomic E-state index is -0.590. The Kier molecular flexibility index (Phi) is 3.86. The number of nitro benzene ring substituents is 1. The fourth-order valence-corrected chi connectivity index (χ4v) is 1.84. The molecule has 0 radical (unpaired) electrons. The number of hydrogen-bond donors (Lipinski definition) is 1. The van der Waals surface area contributed by atoms with Gasteiger partial charge in [0.25, 0.3) is 11.6 Å². The van der Waals surface area contributed by atoms with Crippen LogP contribution in [0.5, 0.6) is 0 Å². The molecule has 0 atom stereocenters. The molecule has 0 saturated heterocycles. The Labute approximate surface area is 116 Å². The predicted molar refractivity (Wildman–Crippen MR) is 73.0 cm³/mol. The van der Waals surface area contributed by atoms with Crippen molar-refractivity contribution >= 4 is 33.2 Å². The monoisotopic (exact) mass is 321 g/mol. The van der Waals surface area contributed by atoms with Crippen molar-refractivity contribution in [1.29, 1.82) is 0 Å². The normalized spacial score (nSPS) is 9.95. The maximum Gasteiger partial charge on any atom is 0.282 e. The van der Waals surface area contributed by atoms with Crippen molar-refractivity contribution in [3.05, 3.63) is 62.9 Å². The van der Waals surface area contributed by atoms with Crippen molar-refractivity contribution in [3.63, 3.8) is 0 Å². The van der Waals surface area contributed by atoms with Gasteiger partial charge in [0.05, 0.1) is 10.6 Å². The molecule has 0 unspecified atom stereocenters. The molecular formula is C12H8BrN3O3. The van der Waals surface area contributed by atoms with Crippen LogP contribution in [0.15, 0.2) is 47.2 Å². The quantitative estimate of drug-likeness (QED) is 0.535. The van der Waals surface area contributed by atoms with Crippen LogP contribution in [-0.2, 0) is 0 Å². The van der Waals surface area contributed by atoms with Gasteiger partial charge in [-0.3, -0.25) is 14.9 Å². The molecule has 19 heavy (non-hydrogen) atoms. The van der Waals surface area contributed by atoms with E-state index in [1.807, 2.05) is 0 Å². The van der Waals surface area contributed by atoms with Crippen molar-refractivity contribution in [2.45, 2.75) is 0 Å². The molecule has 7 heteroatoms. The summed E-state index contributed by atoms with van der Waals surface area (Å²) in [6, 6.07) is 9.06. The summed E-state index contributed by atoms with van der Waals surface area (Å²) in [4.78, 5) is 26.2. The highest BCUT2D eigenvalue weighted by Crippen LogP contribution is 2.22. The van der Waals surface area contributed by atoms with E-state index in [2.05, 4.69) is 26.2 Å². The van der Waals surface area contributed by atoms with Crippen LogP contribution in [0.2, 0.25) is 0 Å². The number of anilines is 1. The van der Waals surface area contributed by atoms with Crippen LogP contribution in [-0.4, -0.2) is 15.8 Å². The zero-order chi connectivity index (χ0) is 13.8. The van der Waals surface area contributed by atoms with Gasteiger partial charge < -0.3 is 5.32 Å². The molecule has 0 aliphatic carbocycles. The molecule has 96 valence electrons. The molecule has 0 fully saturated rings. The number of nitrogens with one attached hydrogen (secondary N) is 1. The second-order valence-electron chi connectivity index (χ2n) is 3.57. The number of hydrogen-bond acceptors (Lipinski definition) is 4. The number of aromatic nitrogens is 1. The van der Waals surface area contributed by atoms with Gasteiger partial charge in [-0.25, -0.2) is 4.98 Å². The maximum absolute atomic E-state index is 12.0. The molecular weight excluding hydrogens is 314 g/mol. The standard InChI is InChI=1S/C12H8BrN3O3/c13-11-9(5-3-7-14-11)15-12(17)8-4-1-2-6-10(8)16(18)19/h1-7H,(H,15,17). The second-order valence-corrected chi connectivity index (χ2v) is 4.32. The first-order valence-corrected chi connectivity index (χ1v) is 6.04. The van der Waals surface area contributed by atoms with E-state index in [0.29, 0.717) is 10.3 Å². The Morgan fingerprint density at radius 2 is 2.00 bits per heavy atom. The van der Waals surface area contributed by atoms with Gasteiger partial charge in [0.1, 0.15) is 10.2 Å². The highest BCUT2D eigenvalue weighted by molar-refractivity contribution is 9.10. The van der Waals surface area contributed by atoms with Gasteiger partial charge in [0.2, 0.25) is 0 Å². The van der Waals surface area contributed by atoms with Crippen molar-refractivity contribution in [1.82, 2.24) is 4.98 Å². The molecule has 1 N–H and O–H groups in total. The van der Waals surface area contributed by atoms with E-state index < -0.39 is 10.8 Å². The van der Waals surface area contributed by atoms with E-state index in [4.69, 9.17) is 0 Å². The third kappa shape index (κ3) is 2.94. The van der Waals surface area contributed by atoms with Gasteiger partial charge in [-0.2, -0.15) is 0 Å². The van der Waals surface area contributed by atoms with Gasteiger partial charge in [0, 0.05) is 12.3 Å². The Balaban J connectivity index is 2.31. The first-order valence-electron chi connectivity index (χ1n) is 5.25. The lowest BCUT2D eigenvalue weighted by molar-refractivity contribution is -0.385. The zero-order valence-corrected chi connectivity index (χ0v) is 11.1. The predicted octanol–water partition coefficient (Wildman–Crippen LogP) is 3.00. The SMILES string of the molecule is O=C(Nc1cccnc1Br)c1ccccc1[N+](=O)[O-]. The average molecular weight is 322 g/mol. The summed E-state index contributed by atoms with van der Waals surface area (Å²) in [5.74, 6) is -0.555. The summed E-state index contributed by atoms with van der Waals surface area (Å²) >= 11 is 3.19. The molecule has 0 aliphatic heterocycles.